The summed E-state index contributed by atoms with van der Waals surface area (Å²) < 4.78 is 1.02. The molecular formula is C27H29N5O2S. The van der Waals surface area contributed by atoms with Gasteiger partial charge in [-0.1, -0.05) is 38.1 Å². The van der Waals surface area contributed by atoms with Crippen molar-refractivity contribution in [2.45, 2.75) is 33.0 Å². The zero-order chi connectivity index (χ0) is 24.6. The van der Waals surface area contributed by atoms with Gasteiger partial charge in [-0.3, -0.25) is 0 Å². The van der Waals surface area contributed by atoms with Crippen LogP contribution in [-0.2, 0) is 0 Å². The number of hydrogen-bond donors (Lipinski definition) is 2. The third-order valence-electron chi connectivity index (χ3n) is 5.43. The average Bonchev–Trinajstić information content (AvgIpc) is 3.29. The zero-order valence-corrected chi connectivity index (χ0v) is 20.7. The third kappa shape index (κ3) is 6.36. The molecule has 0 radical (unpaired) electrons. The molecule has 0 spiro atoms. The fourth-order valence-electron chi connectivity index (χ4n) is 3.78. The minimum Gasteiger partial charge on any atom is -0.372 e. The molecule has 0 aliphatic heterocycles. The van der Waals surface area contributed by atoms with Crippen molar-refractivity contribution in [1.82, 2.24) is 0 Å². The molecule has 0 saturated heterocycles. The Bertz CT molecular complexity index is 1310. The van der Waals surface area contributed by atoms with Gasteiger partial charge in [-0.25, -0.2) is 0 Å². The third-order valence-corrected chi connectivity index (χ3v) is 6.41. The number of aliphatic hydroxyl groups is 2. The van der Waals surface area contributed by atoms with E-state index in [4.69, 9.17) is 0 Å². The van der Waals surface area contributed by atoms with Gasteiger partial charge in [0.1, 0.15) is 5.00 Å². The summed E-state index contributed by atoms with van der Waals surface area (Å²) in [5, 5.41) is 39.0. The van der Waals surface area contributed by atoms with Gasteiger partial charge in [0.25, 0.3) is 0 Å². The maximum atomic E-state index is 9.96. The van der Waals surface area contributed by atoms with Gasteiger partial charge < -0.3 is 15.1 Å². The molecule has 7 nitrogen and oxygen atoms in total. The number of anilines is 1. The summed E-state index contributed by atoms with van der Waals surface area (Å²) in [6, 6.07) is 23.0. The van der Waals surface area contributed by atoms with Gasteiger partial charge in [0.15, 0.2) is 6.29 Å². The lowest BCUT2D eigenvalue weighted by molar-refractivity contribution is -0.0419. The molecule has 3 aromatic carbocycles. The highest BCUT2D eigenvalue weighted by Gasteiger charge is 2.14. The van der Waals surface area contributed by atoms with Crippen LogP contribution in [-0.4, -0.2) is 23.3 Å². The van der Waals surface area contributed by atoms with Crippen LogP contribution in [0.15, 0.2) is 93.3 Å². The van der Waals surface area contributed by atoms with Crippen molar-refractivity contribution in [2.24, 2.45) is 20.5 Å². The first-order valence-corrected chi connectivity index (χ1v) is 12.6. The first-order valence-electron chi connectivity index (χ1n) is 11.7. The predicted octanol–water partition coefficient (Wildman–Crippen LogP) is 8.34. The van der Waals surface area contributed by atoms with E-state index >= 15 is 0 Å². The van der Waals surface area contributed by atoms with Gasteiger partial charge >= 0.3 is 0 Å². The van der Waals surface area contributed by atoms with E-state index in [-0.39, 0.29) is 0 Å². The SMILES string of the molecule is CCCN(CCC)c1ccc(N=Nc2cc3ccc(N=Nc4ccccc4)cc3s2)c(C(O)O)c1. The van der Waals surface area contributed by atoms with E-state index in [1.807, 2.05) is 60.7 Å². The van der Waals surface area contributed by atoms with Gasteiger partial charge in [-0.2, -0.15) is 10.2 Å². The number of thiophene rings is 1. The van der Waals surface area contributed by atoms with Gasteiger partial charge in [0.05, 0.1) is 17.1 Å². The molecule has 4 aromatic rings. The lowest BCUT2D eigenvalue weighted by Gasteiger charge is -2.25. The van der Waals surface area contributed by atoms with E-state index < -0.39 is 6.29 Å². The van der Waals surface area contributed by atoms with E-state index in [1.54, 1.807) is 12.1 Å². The summed E-state index contributed by atoms with van der Waals surface area (Å²) >= 11 is 1.49. The molecule has 35 heavy (non-hydrogen) atoms. The summed E-state index contributed by atoms with van der Waals surface area (Å²) in [6.45, 7) is 6.08. The molecule has 180 valence electrons. The molecule has 0 aliphatic carbocycles. The average molecular weight is 488 g/mol. The number of fused-ring (bicyclic) bond motifs is 1. The molecule has 8 heteroatoms. The monoisotopic (exact) mass is 487 g/mol. The highest BCUT2D eigenvalue weighted by atomic mass is 32.1. The van der Waals surface area contributed by atoms with Crippen LogP contribution in [0.2, 0.25) is 0 Å². The molecule has 1 heterocycles. The van der Waals surface area contributed by atoms with Crippen LogP contribution in [0.25, 0.3) is 10.1 Å². The standard InChI is InChI=1S/C27H29N5O2S/c1-3-14-32(15-4-2)22-12-13-24(23(18-22)27(33)34)30-31-26-16-19-10-11-21(17-25(19)35-26)29-28-20-8-6-5-7-9-20/h5-13,16-18,27,33-34H,3-4,14-15H2,1-2H3. The molecule has 4 rings (SSSR count). The highest BCUT2D eigenvalue weighted by molar-refractivity contribution is 7.22. The van der Waals surface area contributed by atoms with Crippen molar-refractivity contribution < 1.29 is 10.2 Å². The first-order chi connectivity index (χ1) is 17.1. The van der Waals surface area contributed by atoms with Crippen molar-refractivity contribution in [3.8, 4) is 0 Å². The largest absolute Gasteiger partial charge is 0.372 e. The number of rotatable bonds is 10. The topological polar surface area (TPSA) is 93.1 Å². The van der Waals surface area contributed by atoms with Crippen LogP contribution in [0, 0.1) is 0 Å². The van der Waals surface area contributed by atoms with E-state index in [0.717, 1.165) is 58.1 Å². The Morgan fingerprint density at radius 3 is 2.23 bits per heavy atom. The second-order valence-corrected chi connectivity index (χ2v) is 9.21. The number of aliphatic hydroxyl groups excluding tert-OH is 1. The van der Waals surface area contributed by atoms with E-state index in [2.05, 4.69) is 39.2 Å². The summed E-state index contributed by atoms with van der Waals surface area (Å²) in [5.41, 5.74) is 3.29. The quantitative estimate of drug-likeness (QED) is 0.174. The Balaban J connectivity index is 1.56. The van der Waals surface area contributed by atoms with Crippen molar-refractivity contribution in [3.05, 3.63) is 78.4 Å². The van der Waals surface area contributed by atoms with Crippen molar-refractivity contribution in [2.75, 3.05) is 18.0 Å². The van der Waals surface area contributed by atoms with Crippen LogP contribution < -0.4 is 4.90 Å². The molecule has 0 atom stereocenters. The summed E-state index contributed by atoms with van der Waals surface area (Å²) in [7, 11) is 0. The molecule has 0 aliphatic rings. The van der Waals surface area contributed by atoms with Crippen LogP contribution in [0.5, 0.6) is 0 Å². The van der Waals surface area contributed by atoms with E-state index in [1.165, 1.54) is 11.3 Å². The summed E-state index contributed by atoms with van der Waals surface area (Å²) in [5.74, 6) is 0. The van der Waals surface area contributed by atoms with Crippen LogP contribution in [0.4, 0.5) is 27.8 Å². The summed E-state index contributed by atoms with van der Waals surface area (Å²) in [6.07, 6.45) is 0.397. The highest BCUT2D eigenvalue weighted by Crippen LogP contribution is 2.37. The Morgan fingerprint density at radius 1 is 0.771 bits per heavy atom. The number of nitrogens with zero attached hydrogens (tertiary/aromatic N) is 5. The predicted molar refractivity (Wildman–Crippen MR) is 143 cm³/mol. The van der Waals surface area contributed by atoms with Crippen molar-refractivity contribution in [3.63, 3.8) is 0 Å². The molecular weight excluding hydrogens is 458 g/mol. The Hall–Kier alpha value is -3.46. The maximum Gasteiger partial charge on any atom is 0.180 e. The molecule has 0 fully saturated rings. The maximum absolute atomic E-state index is 9.96. The molecule has 0 amide bonds. The lowest BCUT2D eigenvalue weighted by Crippen LogP contribution is -2.24. The minimum absolute atomic E-state index is 0.341. The van der Waals surface area contributed by atoms with Gasteiger partial charge in [-0.15, -0.1) is 21.6 Å². The number of azo groups is 2. The first kappa shape index (κ1) is 24.7. The zero-order valence-electron chi connectivity index (χ0n) is 19.9. The number of hydrogen-bond acceptors (Lipinski definition) is 8. The summed E-state index contributed by atoms with van der Waals surface area (Å²) in [4.78, 5) is 2.24. The van der Waals surface area contributed by atoms with Crippen molar-refractivity contribution in [1.29, 1.82) is 0 Å². The molecule has 0 unspecified atom stereocenters. The fourth-order valence-corrected chi connectivity index (χ4v) is 4.69. The second kappa shape index (κ2) is 11.8. The molecule has 0 bridgehead atoms. The smallest absolute Gasteiger partial charge is 0.180 e. The van der Waals surface area contributed by atoms with E-state index in [0.29, 0.717) is 11.3 Å². The fraction of sp³-hybridized carbons (Fsp3) is 0.259. The van der Waals surface area contributed by atoms with E-state index in [9.17, 15) is 10.2 Å². The molecule has 1 aromatic heterocycles. The Labute approximate surface area is 209 Å². The number of benzene rings is 3. The molecule has 0 saturated carbocycles. The van der Waals surface area contributed by atoms with Gasteiger partial charge in [0.2, 0.25) is 0 Å². The van der Waals surface area contributed by atoms with Crippen LogP contribution >= 0.6 is 11.3 Å². The minimum atomic E-state index is -1.63. The molecule has 2 N–H and O–H groups in total. The normalized spacial score (nSPS) is 11.9. The second-order valence-electron chi connectivity index (χ2n) is 8.15. The van der Waals surface area contributed by atoms with Gasteiger partial charge in [0, 0.05) is 29.0 Å². The van der Waals surface area contributed by atoms with Crippen LogP contribution in [0.3, 0.4) is 0 Å². The Kier molecular flexibility index (Phi) is 8.31. The Morgan fingerprint density at radius 2 is 1.51 bits per heavy atom. The lowest BCUT2D eigenvalue weighted by atomic mass is 10.1. The van der Waals surface area contributed by atoms with Crippen LogP contribution in [0.1, 0.15) is 38.5 Å². The van der Waals surface area contributed by atoms with Crippen molar-refractivity contribution >= 4 is 49.2 Å². The van der Waals surface area contributed by atoms with Gasteiger partial charge in [-0.05, 0) is 66.8 Å².